The van der Waals surface area contributed by atoms with Crippen LogP contribution in [0.4, 0.5) is 5.69 Å². The number of pyridine rings is 1. The lowest BCUT2D eigenvalue weighted by atomic mass is 10.2. The Labute approximate surface area is 130 Å². The van der Waals surface area contributed by atoms with E-state index in [0.29, 0.717) is 13.0 Å². The summed E-state index contributed by atoms with van der Waals surface area (Å²) in [7, 11) is 0. The molecule has 3 aromatic rings. The van der Waals surface area contributed by atoms with Gasteiger partial charge in [0.1, 0.15) is 5.82 Å². The first-order chi connectivity index (χ1) is 11.1. The minimum absolute atomic E-state index is 0.110. The Morgan fingerprint density at radius 1 is 1.22 bits per heavy atom. The monoisotopic (exact) mass is 311 g/mol. The fraction of sp³-hybridized carbons (Fsp3) is 0.133. The first-order valence-corrected chi connectivity index (χ1v) is 6.96. The number of benzene rings is 1. The number of nitrogens with zero attached hydrogens (tertiary/aromatic N) is 4. The van der Waals surface area contributed by atoms with E-state index in [-0.39, 0.29) is 17.2 Å². The number of carbonyl (C=O) groups is 1. The molecule has 1 aromatic carbocycles. The Bertz CT molecular complexity index is 874. The summed E-state index contributed by atoms with van der Waals surface area (Å²) in [5.74, 6) is 0.377. The van der Waals surface area contributed by atoms with Gasteiger partial charge in [-0.2, -0.15) is 0 Å². The normalized spacial score (nSPS) is 10.6. The number of nitro groups is 1. The molecule has 3 rings (SSSR count). The van der Waals surface area contributed by atoms with Gasteiger partial charge in [-0.25, -0.2) is 0 Å². The summed E-state index contributed by atoms with van der Waals surface area (Å²) in [6.07, 6.45) is 2.36. The quantitative estimate of drug-likeness (QED) is 0.569. The molecular weight excluding hydrogens is 298 g/mol. The van der Waals surface area contributed by atoms with E-state index in [0.717, 1.165) is 11.5 Å². The standard InChI is InChI=1S/C15H13N5O3/c21-15(11-4-3-5-12(10-11)20(22)23)16-8-7-14-18-17-13-6-1-2-9-19(13)14/h1-6,9-10H,7-8H2,(H,16,21). The maximum Gasteiger partial charge on any atom is 0.270 e. The fourth-order valence-corrected chi connectivity index (χ4v) is 2.21. The zero-order valence-corrected chi connectivity index (χ0v) is 12.0. The van der Waals surface area contributed by atoms with Crippen LogP contribution in [-0.2, 0) is 6.42 Å². The third kappa shape index (κ3) is 3.15. The van der Waals surface area contributed by atoms with Crippen LogP contribution in [0, 0.1) is 10.1 Å². The molecule has 0 fully saturated rings. The Balaban J connectivity index is 1.63. The van der Waals surface area contributed by atoms with Crippen LogP contribution in [-0.4, -0.2) is 32.0 Å². The molecule has 0 saturated heterocycles. The fourth-order valence-electron chi connectivity index (χ4n) is 2.21. The minimum Gasteiger partial charge on any atom is -0.352 e. The smallest absolute Gasteiger partial charge is 0.270 e. The summed E-state index contributed by atoms with van der Waals surface area (Å²) >= 11 is 0. The van der Waals surface area contributed by atoms with Crippen LogP contribution in [0.3, 0.4) is 0 Å². The molecule has 0 bridgehead atoms. The Kier molecular flexibility index (Phi) is 3.96. The molecule has 2 aromatic heterocycles. The second kappa shape index (κ2) is 6.22. The third-order valence-electron chi connectivity index (χ3n) is 3.34. The van der Waals surface area contributed by atoms with Gasteiger partial charge in [-0.1, -0.05) is 12.1 Å². The molecule has 8 heteroatoms. The molecule has 0 aliphatic rings. The van der Waals surface area contributed by atoms with Crippen molar-refractivity contribution in [3.8, 4) is 0 Å². The average molecular weight is 311 g/mol. The average Bonchev–Trinajstić information content (AvgIpc) is 2.98. The van der Waals surface area contributed by atoms with Crippen LogP contribution in [0.1, 0.15) is 16.2 Å². The van der Waals surface area contributed by atoms with Crippen molar-refractivity contribution in [1.29, 1.82) is 0 Å². The lowest BCUT2D eigenvalue weighted by Crippen LogP contribution is -2.26. The van der Waals surface area contributed by atoms with Crippen molar-refractivity contribution < 1.29 is 9.72 Å². The van der Waals surface area contributed by atoms with E-state index in [1.54, 1.807) is 0 Å². The molecule has 0 spiro atoms. The Morgan fingerprint density at radius 3 is 2.91 bits per heavy atom. The van der Waals surface area contributed by atoms with Gasteiger partial charge in [0.05, 0.1) is 4.92 Å². The van der Waals surface area contributed by atoms with Gasteiger partial charge < -0.3 is 5.32 Å². The second-order valence-electron chi connectivity index (χ2n) is 4.86. The molecule has 1 N–H and O–H groups in total. The number of fused-ring (bicyclic) bond motifs is 1. The van der Waals surface area contributed by atoms with Gasteiger partial charge in [-0.05, 0) is 18.2 Å². The molecule has 0 radical (unpaired) electrons. The van der Waals surface area contributed by atoms with Crippen molar-refractivity contribution in [1.82, 2.24) is 19.9 Å². The van der Waals surface area contributed by atoms with Gasteiger partial charge in [0.2, 0.25) is 0 Å². The van der Waals surface area contributed by atoms with Crippen molar-refractivity contribution in [2.24, 2.45) is 0 Å². The Morgan fingerprint density at radius 2 is 2.09 bits per heavy atom. The summed E-state index contributed by atoms with van der Waals surface area (Å²) in [4.78, 5) is 22.2. The largest absolute Gasteiger partial charge is 0.352 e. The molecule has 1 amide bonds. The zero-order chi connectivity index (χ0) is 16.2. The number of aromatic nitrogens is 3. The SMILES string of the molecule is O=C(NCCc1nnc2ccccn12)c1cccc([N+](=O)[O-])c1. The van der Waals surface area contributed by atoms with Crippen LogP contribution >= 0.6 is 0 Å². The van der Waals surface area contributed by atoms with Crippen molar-refractivity contribution >= 4 is 17.2 Å². The molecule has 8 nitrogen and oxygen atoms in total. The van der Waals surface area contributed by atoms with E-state index in [1.807, 2.05) is 28.8 Å². The van der Waals surface area contributed by atoms with Gasteiger partial charge in [0.25, 0.3) is 11.6 Å². The minimum atomic E-state index is -0.529. The number of amides is 1. The highest BCUT2D eigenvalue weighted by Crippen LogP contribution is 2.12. The first kappa shape index (κ1) is 14.6. The highest BCUT2D eigenvalue weighted by atomic mass is 16.6. The van der Waals surface area contributed by atoms with Crippen LogP contribution in [0.2, 0.25) is 0 Å². The Hall–Kier alpha value is -3.29. The first-order valence-electron chi connectivity index (χ1n) is 6.96. The summed E-state index contributed by atoms with van der Waals surface area (Å²) in [5.41, 5.74) is 0.888. The van der Waals surface area contributed by atoms with Gasteiger partial charge in [0.15, 0.2) is 5.65 Å². The molecule has 116 valence electrons. The zero-order valence-electron chi connectivity index (χ0n) is 12.0. The van der Waals surface area contributed by atoms with E-state index >= 15 is 0 Å². The summed E-state index contributed by atoms with van der Waals surface area (Å²) in [5, 5.41) is 21.6. The van der Waals surface area contributed by atoms with E-state index in [1.165, 1.54) is 24.3 Å². The molecule has 0 saturated carbocycles. The van der Waals surface area contributed by atoms with Crippen LogP contribution in [0.25, 0.3) is 5.65 Å². The lowest BCUT2D eigenvalue weighted by Gasteiger charge is -2.04. The highest BCUT2D eigenvalue weighted by molar-refractivity contribution is 5.94. The van der Waals surface area contributed by atoms with Crippen molar-refractivity contribution in [3.63, 3.8) is 0 Å². The van der Waals surface area contributed by atoms with Crippen LogP contribution < -0.4 is 5.32 Å². The van der Waals surface area contributed by atoms with Crippen molar-refractivity contribution in [2.45, 2.75) is 6.42 Å². The number of nitro benzene ring substituents is 1. The van der Waals surface area contributed by atoms with Crippen LogP contribution in [0.5, 0.6) is 0 Å². The van der Waals surface area contributed by atoms with E-state index in [2.05, 4.69) is 15.5 Å². The molecule has 23 heavy (non-hydrogen) atoms. The molecule has 2 heterocycles. The van der Waals surface area contributed by atoms with E-state index < -0.39 is 4.92 Å². The van der Waals surface area contributed by atoms with Gasteiger partial charge >= 0.3 is 0 Å². The third-order valence-corrected chi connectivity index (χ3v) is 3.34. The predicted octanol–water partition coefficient (Wildman–Crippen LogP) is 1.61. The molecule has 0 unspecified atom stereocenters. The second-order valence-corrected chi connectivity index (χ2v) is 4.86. The number of nitrogens with one attached hydrogen (secondary N) is 1. The molecular formula is C15H13N5O3. The van der Waals surface area contributed by atoms with Gasteiger partial charge in [0, 0.05) is 36.9 Å². The predicted molar refractivity (Wildman–Crippen MR) is 82.1 cm³/mol. The topological polar surface area (TPSA) is 102 Å². The molecule has 0 aliphatic heterocycles. The maximum absolute atomic E-state index is 12.0. The molecule has 0 aliphatic carbocycles. The van der Waals surface area contributed by atoms with Crippen molar-refractivity contribution in [2.75, 3.05) is 6.54 Å². The summed E-state index contributed by atoms with van der Waals surface area (Å²) in [6, 6.07) is 11.2. The number of rotatable bonds is 5. The van der Waals surface area contributed by atoms with Crippen LogP contribution in [0.15, 0.2) is 48.7 Å². The van der Waals surface area contributed by atoms with Gasteiger partial charge in [-0.15, -0.1) is 10.2 Å². The van der Waals surface area contributed by atoms with E-state index in [9.17, 15) is 14.9 Å². The maximum atomic E-state index is 12.0. The number of hydrogen-bond acceptors (Lipinski definition) is 5. The van der Waals surface area contributed by atoms with Gasteiger partial charge in [-0.3, -0.25) is 19.3 Å². The number of carbonyl (C=O) groups excluding carboxylic acids is 1. The number of hydrogen-bond donors (Lipinski definition) is 1. The van der Waals surface area contributed by atoms with Crippen molar-refractivity contribution in [3.05, 3.63) is 70.2 Å². The number of non-ortho nitro benzene ring substituents is 1. The molecule has 0 atom stereocenters. The summed E-state index contributed by atoms with van der Waals surface area (Å²) < 4.78 is 1.85. The highest BCUT2D eigenvalue weighted by Gasteiger charge is 2.11. The lowest BCUT2D eigenvalue weighted by molar-refractivity contribution is -0.384. The summed E-state index contributed by atoms with van der Waals surface area (Å²) in [6.45, 7) is 0.358. The van der Waals surface area contributed by atoms with E-state index in [4.69, 9.17) is 0 Å².